The van der Waals surface area contributed by atoms with E-state index in [0.717, 1.165) is 6.42 Å². The lowest BCUT2D eigenvalue weighted by atomic mass is 9.94. The highest BCUT2D eigenvalue weighted by molar-refractivity contribution is 7.89. The van der Waals surface area contributed by atoms with Gasteiger partial charge < -0.3 is 5.32 Å². The molecule has 10 heteroatoms. The minimum Gasteiger partial charge on any atom is -0.322 e. The van der Waals surface area contributed by atoms with Crippen molar-refractivity contribution in [3.63, 3.8) is 0 Å². The molecule has 1 aliphatic rings. The Labute approximate surface area is 177 Å². The molecule has 3 N–H and O–H groups in total. The Morgan fingerprint density at radius 2 is 1.40 bits per heavy atom. The van der Waals surface area contributed by atoms with Gasteiger partial charge in [0, 0.05) is 24.3 Å². The summed E-state index contributed by atoms with van der Waals surface area (Å²) in [5, 5.41) is 7.69. The number of carbonyl (C=O) groups excluding carboxylic acids is 1. The largest absolute Gasteiger partial charge is 0.322 e. The maximum atomic E-state index is 12.9. The topological polar surface area (TPSA) is 127 Å². The number of primary sulfonamides is 1. The first kappa shape index (κ1) is 22.4. The average Bonchev–Trinajstić information content (AvgIpc) is 2.67. The van der Waals surface area contributed by atoms with E-state index >= 15 is 0 Å². The minimum absolute atomic E-state index is 0.0589. The van der Waals surface area contributed by atoms with Crippen LogP contribution >= 0.6 is 0 Å². The molecular weight excluding hydrogens is 426 g/mol. The number of nitrogens with two attached hydrogens (primary N) is 1. The first-order valence-corrected chi connectivity index (χ1v) is 12.5. The molecule has 0 spiro atoms. The molecule has 2 aromatic carbocycles. The number of rotatable bonds is 5. The molecule has 3 rings (SSSR count). The Kier molecular flexibility index (Phi) is 6.32. The first-order valence-electron chi connectivity index (χ1n) is 9.51. The van der Waals surface area contributed by atoms with Gasteiger partial charge in [-0.3, -0.25) is 4.79 Å². The van der Waals surface area contributed by atoms with Crippen molar-refractivity contribution in [3.8, 4) is 0 Å². The maximum Gasteiger partial charge on any atom is 0.255 e. The molecule has 0 bridgehead atoms. The molecule has 2 aromatic rings. The van der Waals surface area contributed by atoms with E-state index in [1.807, 2.05) is 13.8 Å². The van der Waals surface area contributed by atoms with Crippen LogP contribution in [0.5, 0.6) is 0 Å². The summed E-state index contributed by atoms with van der Waals surface area (Å²) in [7, 11) is -7.42. The molecule has 0 aliphatic carbocycles. The van der Waals surface area contributed by atoms with Crippen LogP contribution in [0, 0.1) is 11.8 Å². The van der Waals surface area contributed by atoms with Crippen molar-refractivity contribution in [3.05, 3.63) is 54.1 Å². The van der Waals surface area contributed by atoms with E-state index in [4.69, 9.17) is 5.14 Å². The van der Waals surface area contributed by atoms with E-state index in [1.54, 1.807) is 0 Å². The number of amides is 1. The van der Waals surface area contributed by atoms with Gasteiger partial charge in [0.2, 0.25) is 20.0 Å². The number of anilines is 1. The lowest BCUT2D eigenvalue weighted by Crippen LogP contribution is -2.42. The third kappa shape index (κ3) is 5.07. The van der Waals surface area contributed by atoms with Crippen LogP contribution in [0.1, 0.15) is 30.6 Å². The SMILES string of the molecule is CC1CC(C)CN(S(=O)(=O)c2ccc(C(=O)Nc3ccc(S(N)(=O)=O)cc3)cc2)C1. The van der Waals surface area contributed by atoms with Gasteiger partial charge >= 0.3 is 0 Å². The van der Waals surface area contributed by atoms with Crippen molar-refractivity contribution in [2.75, 3.05) is 18.4 Å². The smallest absolute Gasteiger partial charge is 0.255 e. The first-order chi connectivity index (χ1) is 14.0. The van der Waals surface area contributed by atoms with Crippen LogP contribution in [-0.2, 0) is 20.0 Å². The van der Waals surface area contributed by atoms with Crippen molar-refractivity contribution in [2.45, 2.75) is 30.1 Å². The molecular formula is C20H25N3O5S2. The summed E-state index contributed by atoms with van der Waals surface area (Å²) < 4.78 is 49.9. The van der Waals surface area contributed by atoms with Crippen molar-refractivity contribution >= 4 is 31.6 Å². The predicted octanol–water partition coefficient (Wildman–Crippen LogP) is 2.25. The van der Waals surface area contributed by atoms with E-state index < -0.39 is 26.0 Å². The summed E-state index contributed by atoms with van der Waals surface area (Å²) in [6, 6.07) is 11.2. The Hall–Kier alpha value is -2.27. The Morgan fingerprint density at radius 1 is 0.900 bits per heavy atom. The van der Waals surface area contributed by atoms with Crippen molar-refractivity contribution < 1.29 is 21.6 Å². The fraction of sp³-hybridized carbons (Fsp3) is 0.350. The number of sulfonamides is 2. The molecule has 0 saturated carbocycles. The number of piperidine rings is 1. The highest BCUT2D eigenvalue weighted by atomic mass is 32.2. The lowest BCUT2D eigenvalue weighted by molar-refractivity contribution is 0.102. The van der Waals surface area contributed by atoms with E-state index in [0.29, 0.717) is 30.6 Å². The van der Waals surface area contributed by atoms with Crippen LogP contribution in [0.3, 0.4) is 0 Å². The summed E-state index contributed by atoms with van der Waals surface area (Å²) in [4.78, 5) is 12.5. The number of nitrogens with one attached hydrogen (secondary N) is 1. The molecule has 1 saturated heterocycles. The van der Waals surface area contributed by atoms with Gasteiger partial charge in [-0.05, 0) is 66.8 Å². The summed E-state index contributed by atoms with van der Waals surface area (Å²) >= 11 is 0. The second-order valence-corrected chi connectivity index (χ2v) is 11.3. The van der Waals surface area contributed by atoms with Crippen LogP contribution in [0.15, 0.2) is 58.3 Å². The zero-order chi connectivity index (χ0) is 22.1. The van der Waals surface area contributed by atoms with Crippen LogP contribution in [0.2, 0.25) is 0 Å². The van der Waals surface area contributed by atoms with Crippen LogP contribution in [-0.4, -0.2) is 40.1 Å². The van der Waals surface area contributed by atoms with Crippen LogP contribution in [0.4, 0.5) is 5.69 Å². The zero-order valence-electron chi connectivity index (χ0n) is 16.8. The van der Waals surface area contributed by atoms with Gasteiger partial charge in [-0.1, -0.05) is 13.8 Å². The molecule has 162 valence electrons. The maximum absolute atomic E-state index is 12.9. The second-order valence-electron chi connectivity index (χ2n) is 7.82. The highest BCUT2D eigenvalue weighted by Gasteiger charge is 2.31. The molecule has 8 nitrogen and oxygen atoms in total. The molecule has 0 aromatic heterocycles. The lowest BCUT2D eigenvalue weighted by Gasteiger charge is -2.34. The number of carbonyl (C=O) groups is 1. The van der Waals surface area contributed by atoms with Gasteiger partial charge in [-0.25, -0.2) is 22.0 Å². The zero-order valence-corrected chi connectivity index (χ0v) is 18.4. The molecule has 1 fully saturated rings. The normalized spacial score (nSPS) is 20.6. The Morgan fingerprint density at radius 3 is 1.90 bits per heavy atom. The standard InChI is InChI=1S/C20H25N3O5S2/c1-14-11-15(2)13-23(12-14)30(27,28)19-7-3-16(4-8-19)20(24)22-17-5-9-18(10-6-17)29(21,25)26/h3-10,14-15H,11-13H2,1-2H3,(H,22,24)(H2,21,25,26). The van der Waals surface area contributed by atoms with Crippen molar-refractivity contribution in [1.29, 1.82) is 0 Å². The minimum atomic E-state index is -3.81. The summed E-state index contributed by atoms with van der Waals surface area (Å²) in [5.41, 5.74) is 0.672. The molecule has 1 amide bonds. The van der Waals surface area contributed by atoms with Crippen LogP contribution in [0.25, 0.3) is 0 Å². The third-order valence-corrected chi connectivity index (χ3v) is 7.81. The van der Waals surface area contributed by atoms with Gasteiger partial charge in [0.05, 0.1) is 9.79 Å². The molecule has 2 unspecified atom stereocenters. The van der Waals surface area contributed by atoms with Crippen molar-refractivity contribution in [2.24, 2.45) is 17.0 Å². The fourth-order valence-electron chi connectivity index (χ4n) is 3.66. The molecule has 30 heavy (non-hydrogen) atoms. The van der Waals surface area contributed by atoms with E-state index in [-0.39, 0.29) is 15.4 Å². The Bertz CT molecular complexity index is 1120. The molecule has 1 aliphatic heterocycles. The number of nitrogens with zero attached hydrogens (tertiary/aromatic N) is 1. The molecule has 2 atom stereocenters. The fourth-order valence-corrected chi connectivity index (χ4v) is 5.86. The Balaban J connectivity index is 1.72. The second kappa shape index (κ2) is 8.46. The van der Waals surface area contributed by atoms with Gasteiger partial charge in [0.1, 0.15) is 0 Å². The quantitative estimate of drug-likeness (QED) is 0.721. The van der Waals surface area contributed by atoms with Gasteiger partial charge in [0.25, 0.3) is 5.91 Å². The third-order valence-electron chi connectivity index (χ3n) is 5.03. The van der Waals surface area contributed by atoms with Crippen LogP contribution < -0.4 is 10.5 Å². The van der Waals surface area contributed by atoms with Gasteiger partial charge in [-0.15, -0.1) is 0 Å². The molecule has 1 heterocycles. The predicted molar refractivity (Wildman–Crippen MR) is 114 cm³/mol. The van der Waals surface area contributed by atoms with E-state index in [9.17, 15) is 21.6 Å². The monoisotopic (exact) mass is 451 g/mol. The average molecular weight is 452 g/mol. The number of hydrogen-bond acceptors (Lipinski definition) is 5. The summed E-state index contributed by atoms with van der Waals surface area (Å²) in [6.45, 7) is 5.06. The summed E-state index contributed by atoms with van der Waals surface area (Å²) in [5.74, 6) is 0.158. The number of benzene rings is 2. The highest BCUT2D eigenvalue weighted by Crippen LogP contribution is 2.27. The van der Waals surface area contributed by atoms with Crippen molar-refractivity contribution in [1.82, 2.24) is 4.31 Å². The molecule has 0 radical (unpaired) electrons. The number of hydrogen-bond donors (Lipinski definition) is 2. The van der Waals surface area contributed by atoms with Gasteiger partial charge in [0.15, 0.2) is 0 Å². The van der Waals surface area contributed by atoms with E-state index in [1.165, 1.54) is 52.8 Å². The van der Waals surface area contributed by atoms with E-state index in [2.05, 4.69) is 5.32 Å². The van der Waals surface area contributed by atoms with Gasteiger partial charge in [-0.2, -0.15) is 4.31 Å². The summed E-state index contributed by atoms with van der Waals surface area (Å²) in [6.07, 6.45) is 1.00.